The zero-order chi connectivity index (χ0) is 15.1. The van der Waals surface area contributed by atoms with Crippen LogP contribution in [0.4, 0.5) is 0 Å². The molecule has 0 radical (unpaired) electrons. The molecule has 0 amide bonds. The van der Waals surface area contributed by atoms with E-state index in [0.29, 0.717) is 39.9 Å². The van der Waals surface area contributed by atoms with Crippen molar-refractivity contribution in [3.8, 4) is 11.5 Å². The molecule has 2 aromatic rings. The minimum Gasteiger partial charge on any atom is -0.496 e. The summed E-state index contributed by atoms with van der Waals surface area (Å²) in [7, 11) is 2.94. The molecule has 0 fully saturated rings. The van der Waals surface area contributed by atoms with E-state index in [0.717, 1.165) is 0 Å². The molecule has 1 N–H and O–H groups in total. The zero-order valence-electron chi connectivity index (χ0n) is 12.0. The summed E-state index contributed by atoms with van der Waals surface area (Å²) < 4.78 is 16.0. The van der Waals surface area contributed by atoms with Crippen molar-refractivity contribution < 1.29 is 19.0 Å². The average molecular weight is 289 g/mol. The van der Waals surface area contributed by atoms with Crippen molar-refractivity contribution in [3.63, 3.8) is 0 Å². The third kappa shape index (κ3) is 1.86. The van der Waals surface area contributed by atoms with Gasteiger partial charge in [0.25, 0.3) is 0 Å². The number of aromatic amines is 1. The van der Waals surface area contributed by atoms with Gasteiger partial charge < -0.3 is 19.2 Å². The van der Waals surface area contributed by atoms with Crippen LogP contribution in [-0.2, 0) is 11.2 Å². The summed E-state index contributed by atoms with van der Waals surface area (Å²) >= 11 is 0. The number of H-pyrrole nitrogens is 1. The van der Waals surface area contributed by atoms with Crippen LogP contribution in [0.25, 0.3) is 10.9 Å². The van der Waals surface area contributed by atoms with Gasteiger partial charge in [0, 0.05) is 24.2 Å². The molecule has 1 unspecified atom stereocenters. The number of ether oxygens (including phenoxy) is 3. The largest absolute Gasteiger partial charge is 0.496 e. The molecule has 1 aromatic heterocycles. The van der Waals surface area contributed by atoms with Gasteiger partial charge in [0.05, 0.1) is 25.1 Å². The summed E-state index contributed by atoms with van der Waals surface area (Å²) in [6.07, 6.45) is 1.71. The molecule has 0 aliphatic carbocycles. The van der Waals surface area contributed by atoms with Crippen molar-refractivity contribution in [2.24, 2.45) is 0 Å². The average Bonchev–Trinajstić information content (AvgIpc) is 2.45. The Hall–Kier alpha value is -2.50. The molecule has 6 heteroatoms. The third-order valence-corrected chi connectivity index (χ3v) is 3.63. The van der Waals surface area contributed by atoms with E-state index >= 15 is 0 Å². The van der Waals surface area contributed by atoms with Crippen LogP contribution < -0.4 is 14.9 Å². The van der Waals surface area contributed by atoms with Crippen LogP contribution in [0.5, 0.6) is 11.5 Å². The quantitative estimate of drug-likeness (QED) is 0.850. The first-order valence-electron chi connectivity index (χ1n) is 6.57. The Bertz CT molecular complexity index is 793. The fraction of sp³-hybridized carbons (Fsp3) is 0.333. The van der Waals surface area contributed by atoms with E-state index in [1.54, 1.807) is 6.92 Å². The van der Waals surface area contributed by atoms with Crippen molar-refractivity contribution >= 4 is 16.9 Å². The fourth-order valence-electron chi connectivity index (χ4n) is 2.82. The highest BCUT2D eigenvalue weighted by Gasteiger charge is 2.33. The standard InChI is InChI=1S/C15H15NO5/c1-7-6-8-10(15(18)21-7)14(20-3)12-11(13(8)19-2)9(17)4-5-16-12/h4-5,7H,6H2,1-3H3,(H,16,17). The fourth-order valence-corrected chi connectivity index (χ4v) is 2.82. The molecule has 0 spiro atoms. The topological polar surface area (TPSA) is 77.6 Å². The van der Waals surface area contributed by atoms with Gasteiger partial charge in [-0.05, 0) is 6.92 Å². The van der Waals surface area contributed by atoms with E-state index in [1.165, 1.54) is 26.5 Å². The van der Waals surface area contributed by atoms with Crippen LogP contribution in [0, 0.1) is 0 Å². The predicted molar refractivity (Wildman–Crippen MR) is 76.3 cm³/mol. The van der Waals surface area contributed by atoms with E-state index < -0.39 is 5.97 Å². The van der Waals surface area contributed by atoms with Crippen LogP contribution >= 0.6 is 0 Å². The van der Waals surface area contributed by atoms with Crippen molar-refractivity contribution in [3.05, 3.63) is 33.6 Å². The maximum atomic E-state index is 12.2. The lowest BCUT2D eigenvalue weighted by Crippen LogP contribution is -2.27. The van der Waals surface area contributed by atoms with Crippen molar-refractivity contribution in [2.45, 2.75) is 19.4 Å². The van der Waals surface area contributed by atoms with Crippen LogP contribution in [-0.4, -0.2) is 31.3 Å². The SMILES string of the molecule is COc1c2c(c(OC)c3c(=O)cc[nH]c13)CC(C)OC2=O. The van der Waals surface area contributed by atoms with Gasteiger partial charge in [0.15, 0.2) is 11.2 Å². The number of pyridine rings is 1. The van der Waals surface area contributed by atoms with Crippen LogP contribution in [0.1, 0.15) is 22.8 Å². The number of hydrogen-bond acceptors (Lipinski definition) is 5. The highest BCUT2D eigenvalue weighted by molar-refractivity contribution is 6.05. The highest BCUT2D eigenvalue weighted by atomic mass is 16.5. The molecular formula is C15H15NO5. The molecule has 1 aromatic carbocycles. The Labute approximate surface area is 120 Å². The van der Waals surface area contributed by atoms with Crippen molar-refractivity contribution in [2.75, 3.05) is 14.2 Å². The number of nitrogens with one attached hydrogen (secondary N) is 1. The van der Waals surface area contributed by atoms with Gasteiger partial charge in [0.1, 0.15) is 17.4 Å². The Morgan fingerprint density at radius 2 is 1.95 bits per heavy atom. The lowest BCUT2D eigenvalue weighted by molar-refractivity contribution is 0.0294. The maximum absolute atomic E-state index is 12.2. The molecule has 21 heavy (non-hydrogen) atoms. The number of benzene rings is 1. The normalized spacial score (nSPS) is 17.3. The molecule has 1 atom stereocenters. The number of esters is 1. The molecule has 3 rings (SSSR count). The minimum absolute atomic E-state index is 0.187. The van der Waals surface area contributed by atoms with Gasteiger partial charge in [-0.1, -0.05) is 0 Å². The molecule has 6 nitrogen and oxygen atoms in total. The first-order valence-corrected chi connectivity index (χ1v) is 6.57. The number of carbonyl (C=O) groups excluding carboxylic acids is 1. The smallest absolute Gasteiger partial charge is 0.342 e. The molecule has 1 aliphatic rings. The van der Waals surface area contributed by atoms with Crippen LogP contribution in [0.15, 0.2) is 17.1 Å². The van der Waals surface area contributed by atoms with E-state index in [1.807, 2.05) is 0 Å². The van der Waals surface area contributed by atoms with Crippen LogP contribution in [0.2, 0.25) is 0 Å². The third-order valence-electron chi connectivity index (χ3n) is 3.63. The van der Waals surface area contributed by atoms with Crippen LogP contribution in [0.3, 0.4) is 0 Å². The zero-order valence-corrected chi connectivity index (χ0v) is 12.0. The Morgan fingerprint density at radius 3 is 2.62 bits per heavy atom. The Morgan fingerprint density at radius 1 is 1.24 bits per heavy atom. The molecule has 1 aliphatic heterocycles. The minimum atomic E-state index is -0.467. The number of cyclic esters (lactones) is 1. The lowest BCUT2D eigenvalue weighted by atomic mass is 9.94. The van der Waals surface area contributed by atoms with Crippen molar-refractivity contribution in [1.82, 2.24) is 4.98 Å². The van der Waals surface area contributed by atoms with E-state index in [2.05, 4.69) is 4.98 Å². The van der Waals surface area contributed by atoms with Gasteiger partial charge >= 0.3 is 5.97 Å². The van der Waals surface area contributed by atoms with E-state index in [-0.39, 0.29) is 11.5 Å². The summed E-state index contributed by atoms with van der Waals surface area (Å²) in [4.78, 5) is 27.4. The number of carbonyl (C=O) groups is 1. The molecular weight excluding hydrogens is 274 g/mol. The van der Waals surface area contributed by atoms with E-state index in [4.69, 9.17) is 14.2 Å². The van der Waals surface area contributed by atoms with Gasteiger partial charge in [-0.25, -0.2) is 4.79 Å². The molecule has 0 saturated carbocycles. The lowest BCUT2D eigenvalue weighted by Gasteiger charge is -2.26. The molecule has 0 bridgehead atoms. The first-order chi connectivity index (χ1) is 10.1. The molecule has 110 valence electrons. The summed E-state index contributed by atoms with van der Waals surface area (Å²) in [6, 6.07) is 1.42. The van der Waals surface area contributed by atoms with Crippen molar-refractivity contribution in [1.29, 1.82) is 0 Å². The number of aromatic nitrogens is 1. The van der Waals surface area contributed by atoms with Gasteiger partial charge in [-0.2, -0.15) is 0 Å². The predicted octanol–water partition coefficient (Wildman–Crippen LogP) is 1.65. The second-order valence-electron chi connectivity index (χ2n) is 4.93. The highest BCUT2D eigenvalue weighted by Crippen LogP contribution is 2.41. The second kappa shape index (κ2) is 4.80. The number of methoxy groups -OCH3 is 2. The molecule has 2 heterocycles. The summed E-state index contributed by atoms with van der Waals surface area (Å²) in [5, 5.41) is 0.387. The van der Waals surface area contributed by atoms with Gasteiger partial charge in [0.2, 0.25) is 0 Å². The van der Waals surface area contributed by atoms with Gasteiger partial charge in [-0.15, -0.1) is 0 Å². The van der Waals surface area contributed by atoms with E-state index in [9.17, 15) is 9.59 Å². The Kier molecular flexibility index (Phi) is 3.08. The summed E-state index contributed by atoms with van der Waals surface area (Å²) in [6.45, 7) is 1.80. The number of hydrogen-bond donors (Lipinski definition) is 1. The number of fused-ring (bicyclic) bond motifs is 2. The summed E-state index contributed by atoms with van der Waals surface area (Å²) in [5.74, 6) is 0.257. The molecule has 0 saturated heterocycles. The maximum Gasteiger partial charge on any atom is 0.342 e. The Balaban J connectivity index is 2.53. The first kappa shape index (κ1) is 13.5. The van der Waals surface area contributed by atoms with Gasteiger partial charge in [-0.3, -0.25) is 4.79 Å². The summed E-state index contributed by atoms with van der Waals surface area (Å²) in [5.41, 5.74) is 1.23. The number of rotatable bonds is 2. The second-order valence-corrected chi connectivity index (χ2v) is 4.93. The monoisotopic (exact) mass is 289 g/mol.